The van der Waals surface area contributed by atoms with Crippen molar-refractivity contribution >= 4 is 11.4 Å². The van der Waals surface area contributed by atoms with Crippen molar-refractivity contribution in [1.82, 2.24) is 4.98 Å². The molecule has 0 bridgehead atoms. The fraction of sp³-hybridized carbons (Fsp3) is 0.615. The van der Waals surface area contributed by atoms with Crippen molar-refractivity contribution in [3.05, 3.63) is 18.5 Å². The molecule has 0 aliphatic heterocycles. The highest BCUT2D eigenvalue weighted by atomic mass is 15.1. The minimum Gasteiger partial charge on any atom is -0.396 e. The maximum Gasteiger partial charge on any atom is 0.0738 e. The van der Waals surface area contributed by atoms with Gasteiger partial charge in [-0.15, -0.1) is 0 Å². The van der Waals surface area contributed by atoms with Crippen LogP contribution >= 0.6 is 0 Å². The molecule has 2 atom stereocenters. The summed E-state index contributed by atoms with van der Waals surface area (Å²) in [7, 11) is 2.15. The van der Waals surface area contributed by atoms with Crippen LogP contribution in [0.15, 0.2) is 18.5 Å². The largest absolute Gasteiger partial charge is 0.396 e. The minimum absolute atomic E-state index is 0.624. The predicted octanol–water partition coefficient (Wildman–Crippen LogP) is 2.68. The summed E-state index contributed by atoms with van der Waals surface area (Å²) in [5.41, 5.74) is 7.87. The Morgan fingerprint density at radius 1 is 1.38 bits per heavy atom. The SMILES string of the molecule is CC1CCCCC1N(C)c1ccncc1N. The minimum atomic E-state index is 0.624. The predicted molar refractivity (Wildman–Crippen MR) is 68.5 cm³/mol. The van der Waals surface area contributed by atoms with Gasteiger partial charge in [0.15, 0.2) is 0 Å². The molecule has 16 heavy (non-hydrogen) atoms. The van der Waals surface area contributed by atoms with Gasteiger partial charge < -0.3 is 10.6 Å². The highest BCUT2D eigenvalue weighted by Gasteiger charge is 2.25. The standard InChI is InChI=1S/C13H21N3/c1-10-5-3-4-6-12(10)16(2)13-7-8-15-9-11(13)14/h7-10,12H,3-6,14H2,1-2H3. The fourth-order valence-electron chi connectivity index (χ4n) is 2.77. The van der Waals surface area contributed by atoms with Crippen molar-refractivity contribution in [2.45, 2.75) is 38.6 Å². The Hall–Kier alpha value is -1.25. The van der Waals surface area contributed by atoms with Crippen LogP contribution in [0.2, 0.25) is 0 Å². The summed E-state index contributed by atoms with van der Waals surface area (Å²) in [4.78, 5) is 6.37. The Kier molecular flexibility index (Phi) is 3.32. The molecule has 0 radical (unpaired) electrons. The van der Waals surface area contributed by atoms with Gasteiger partial charge in [-0.05, 0) is 24.8 Å². The molecule has 2 N–H and O–H groups in total. The molecule has 0 saturated heterocycles. The van der Waals surface area contributed by atoms with Crippen LogP contribution in [0.1, 0.15) is 32.6 Å². The smallest absolute Gasteiger partial charge is 0.0738 e. The van der Waals surface area contributed by atoms with Gasteiger partial charge in [-0.2, -0.15) is 0 Å². The molecule has 0 amide bonds. The van der Waals surface area contributed by atoms with Crippen LogP contribution in [0.4, 0.5) is 11.4 Å². The van der Waals surface area contributed by atoms with Crippen LogP contribution in [0, 0.1) is 5.92 Å². The fourth-order valence-corrected chi connectivity index (χ4v) is 2.77. The second-order valence-corrected chi connectivity index (χ2v) is 4.87. The van der Waals surface area contributed by atoms with Gasteiger partial charge in [-0.1, -0.05) is 19.8 Å². The molecule has 1 aromatic heterocycles. The number of nitrogen functional groups attached to an aromatic ring is 1. The van der Waals surface area contributed by atoms with Gasteiger partial charge in [0, 0.05) is 19.3 Å². The first-order chi connectivity index (χ1) is 7.70. The Bertz CT molecular complexity index is 351. The summed E-state index contributed by atoms with van der Waals surface area (Å²) in [6, 6.07) is 2.63. The van der Waals surface area contributed by atoms with Gasteiger partial charge in [0.2, 0.25) is 0 Å². The molecule has 2 rings (SSSR count). The lowest BCUT2D eigenvalue weighted by Gasteiger charge is -2.38. The van der Waals surface area contributed by atoms with E-state index >= 15 is 0 Å². The third-order valence-corrected chi connectivity index (χ3v) is 3.77. The van der Waals surface area contributed by atoms with E-state index in [1.54, 1.807) is 6.20 Å². The maximum atomic E-state index is 5.97. The van der Waals surface area contributed by atoms with Crippen molar-refractivity contribution in [2.75, 3.05) is 17.7 Å². The highest BCUT2D eigenvalue weighted by Crippen LogP contribution is 2.32. The van der Waals surface area contributed by atoms with E-state index < -0.39 is 0 Å². The second kappa shape index (κ2) is 4.73. The number of hydrogen-bond donors (Lipinski definition) is 1. The van der Waals surface area contributed by atoms with Crippen LogP contribution in [0.3, 0.4) is 0 Å². The Balaban J connectivity index is 2.17. The van der Waals surface area contributed by atoms with Crippen molar-refractivity contribution in [1.29, 1.82) is 0 Å². The summed E-state index contributed by atoms with van der Waals surface area (Å²) < 4.78 is 0. The Labute approximate surface area is 97.7 Å². The molecule has 1 heterocycles. The van der Waals surface area contributed by atoms with E-state index in [-0.39, 0.29) is 0 Å². The normalized spacial score (nSPS) is 25.4. The number of nitrogens with two attached hydrogens (primary N) is 1. The first-order valence-corrected chi connectivity index (χ1v) is 6.12. The lowest BCUT2D eigenvalue weighted by Crippen LogP contribution is -2.39. The number of nitrogens with zero attached hydrogens (tertiary/aromatic N) is 2. The van der Waals surface area contributed by atoms with E-state index in [1.807, 2.05) is 12.3 Å². The molecular weight excluding hydrogens is 198 g/mol. The zero-order valence-corrected chi connectivity index (χ0v) is 10.2. The van der Waals surface area contributed by atoms with Crippen molar-refractivity contribution in [3.8, 4) is 0 Å². The summed E-state index contributed by atoms with van der Waals surface area (Å²) in [5.74, 6) is 0.756. The van der Waals surface area contributed by atoms with E-state index in [4.69, 9.17) is 5.73 Å². The van der Waals surface area contributed by atoms with E-state index in [2.05, 4.69) is 23.9 Å². The Morgan fingerprint density at radius 2 is 2.12 bits per heavy atom. The maximum absolute atomic E-state index is 5.97. The number of rotatable bonds is 2. The molecule has 1 aromatic rings. The first-order valence-electron chi connectivity index (χ1n) is 6.12. The molecule has 1 aliphatic rings. The molecule has 0 spiro atoms. The quantitative estimate of drug-likeness (QED) is 0.831. The van der Waals surface area contributed by atoms with E-state index in [1.165, 1.54) is 25.7 Å². The molecule has 3 nitrogen and oxygen atoms in total. The lowest BCUT2D eigenvalue weighted by atomic mass is 9.85. The van der Waals surface area contributed by atoms with Gasteiger partial charge in [0.1, 0.15) is 0 Å². The van der Waals surface area contributed by atoms with E-state index in [0.29, 0.717) is 6.04 Å². The lowest BCUT2D eigenvalue weighted by molar-refractivity contribution is 0.322. The van der Waals surface area contributed by atoms with E-state index in [0.717, 1.165) is 17.3 Å². The molecule has 3 heteroatoms. The van der Waals surface area contributed by atoms with Crippen molar-refractivity contribution in [3.63, 3.8) is 0 Å². The molecule has 88 valence electrons. The summed E-state index contributed by atoms with van der Waals surface area (Å²) >= 11 is 0. The summed E-state index contributed by atoms with van der Waals surface area (Å²) in [5, 5.41) is 0. The van der Waals surface area contributed by atoms with Gasteiger partial charge in [-0.25, -0.2) is 0 Å². The summed E-state index contributed by atoms with van der Waals surface area (Å²) in [6.07, 6.45) is 8.87. The van der Waals surface area contributed by atoms with Crippen LogP contribution in [0.5, 0.6) is 0 Å². The average molecular weight is 219 g/mol. The zero-order chi connectivity index (χ0) is 11.5. The summed E-state index contributed by atoms with van der Waals surface area (Å²) in [6.45, 7) is 2.34. The van der Waals surface area contributed by atoms with Crippen LogP contribution in [-0.2, 0) is 0 Å². The first kappa shape index (κ1) is 11.2. The van der Waals surface area contributed by atoms with Gasteiger partial charge in [0.05, 0.1) is 17.6 Å². The van der Waals surface area contributed by atoms with Gasteiger partial charge in [-0.3, -0.25) is 4.98 Å². The van der Waals surface area contributed by atoms with Gasteiger partial charge in [0.25, 0.3) is 0 Å². The highest BCUT2D eigenvalue weighted by molar-refractivity contribution is 5.66. The molecule has 1 saturated carbocycles. The average Bonchev–Trinajstić information content (AvgIpc) is 2.29. The van der Waals surface area contributed by atoms with Crippen LogP contribution in [-0.4, -0.2) is 18.1 Å². The number of anilines is 2. The molecule has 1 fully saturated rings. The van der Waals surface area contributed by atoms with Gasteiger partial charge >= 0.3 is 0 Å². The van der Waals surface area contributed by atoms with Crippen LogP contribution in [0.25, 0.3) is 0 Å². The third-order valence-electron chi connectivity index (χ3n) is 3.77. The monoisotopic (exact) mass is 219 g/mol. The Morgan fingerprint density at radius 3 is 2.81 bits per heavy atom. The number of hydrogen-bond acceptors (Lipinski definition) is 3. The zero-order valence-electron chi connectivity index (χ0n) is 10.2. The van der Waals surface area contributed by atoms with Crippen molar-refractivity contribution < 1.29 is 0 Å². The number of pyridine rings is 1. The molecular formula is C13H21N3. The number of aromatic nitrogens is 1. The molecule has 1 aliphatic carbocycles. The molecule has 2 unspecified atom stereocenters. The van der Waals surface area contributed by atoms with Crippen LogP contribution < -0.4 is 10.6 Å². The molecule has 0 aromatic carbocycles. The second-order valence-electron chi connectivity index (χ2n) is 4.87. The topological polar surface area (TPSA) is 42.2 Å². The van der Waals surface area contributed by atoms with E-state index in [9.17, 15) is 0 Å². The van der Waals surface area contributed by atoms with Crippen molar-refractivity contribution in [2.24, 2.45) is 5.92 Å². The third kappa shape index (κ3) is 2.13.